The fourth-order valence-electron chi connectivity index (χ4n) is 4.62. The highest BCUT2D eigenvalue weighted by atomic mass is 16.8. The standard InChI is InChI=1S/C25H28O13/c26-8-16-20(30)21(31)22(32)25(37-16)38-24-18-12(7-15(28)19(18)14(10-36-24)23(33)34)9-35-17(29)6-3-11-1-4-13(27)5-2-11/h1-7,10,15-16,18-22,24-28,30-32H,8-9H2,(H,33,34). The third-order valence-electron chi connectivity index (χ3n) is 6.60. The Morgan fingerprint density at radius 1 is 0.974 bits per heavy atom. The quantitative estimate of drug-likeness (QED) is 0.116. The van der Waals surface area contributed by atoms with Crippen molar-refractivity contribution in [1.82, 2.24) is 0 Å². The zero-order valence-corrected chi connectivity index (χ0v) is 19.8. The van der Waals surface area contributed by atoms with Gasteiger partial charge in [0.2, 0.25) is 6.29 Å². The van der Waals surface area contributed by atoms with Gasteiger partial charge in [-0.15, -0.1) is 0 Å². The fraction of sp³-hybridized carbons (Fsp3) is 0.440. The Balaban J connectivity index is 1.49. The van der Waals surface area contributed by atoms with Crippen molar-refractivity contribution in [2.24, 2.45) is 11.8 Å². The van der Waals surface area contributed by atoms with Crippen molar-refractivity contribution in [2.45, 2.75) is 43.1 Å². The number of hydrogen-bond donors (Lipinski definition) is 7. The van der Waals surface area contributed by atoms with Crippen molar-refractivity contribution >= 4 is 18.0 Å². The van der Waals surface area contributed by atoms with Crippen LogP contribution >= 0.6 is 0 Å². The first-order valence-electron chi connectivity index (χ1n) is 11.7. The van der Waals surface area contributed by atoms with Gasteiger partial charge in [0.15, 0.2) is 6.29 Å². The maximum atomic E-state index is 12.3. The minimum atomic E-state index is -1.75. The molecule has 0 radical (unpaired) electrons. The van der Waals surface area contributed by atoms with Crippen molar-refractivity contribution in [1.29, 1.82) is 0 Å². The number of aliphatic hydroxyl groups excluding tert-OH is 5. The molecule has 1 saturated heterocycles. The van der Waals surface area contributed by atoms with Crippen molar-refractivity contribution in [3.8, 4) is 5.75 Å². The van der Waals surface area contributed by atoms with Gasteiger partial charge in [0.05, 0.1) is 30.5 Å². The monoisotopic (exact) mass is 536 g/mol. The normalized spacial score (nSPS) is 34.7. The van der Waals surface area contributed by atoms with Gasteiger partial charge < -0.3 is 54.7 Å². The van der Waals surface area contributed by atoms with Crippen LogP contribution in [0.2, 0.25) is 0 Å². The van der Waals surface area contributed by atoms with Crippen LogP contribution in [-0.4, -0.2) is 104 Å². The summed E-state index contributed by atoms with van der Waals surface area (Å²) in [6.07, 6.45) is -5.77. The number of benzene rings is 1. The smallest absolute Gasteiger partial charge is 0.335 e. The number of ether oxygens (including phenoxy) is 4. The van der Waals surface area contributed by atoms with Crippen LogP contribution in [0, 0.1) is 11.8 Å². The van der Waals surface area contributed by atoms with Gasteiger partial charge in [-0.1, -0.05) is 18.2 Å². The van der Waals surface area contributed by atoms with Crippen molar-refractivity contribution < 1.29 is 64.3 Å². The lowest BCUT2D eigenvalue weighted by atomic mass is 9.82. The van der Waals surface area contributed by atoms with Gasteiger partial charge in [0, 0.05) is 12.0 Å². The number of phenols is 1. The number of esters is 1. The Labute approximate surface area is 216 Å². The van der Waals surface area contributed by atoms with Gasteiger partial charge in [-0.2, -0.15) is 0 Å². The summed E-state index contributed by atoms with van der Waals surface area (Å²) in [5.41, 5.74) is 0.636. The van der Waals surface area contributed by atoms with E-state index in [4.69, 9.17) is 18.9 Å². The van der Waals surface area contributed by atoms with E-state index in [-0.39, 0.29) is 23.5 Å². The van der Waals surface area contributed by atoms with Gasteiger partial charge >= 0.3 is 11.9 Å². The van der Waals surface area contributed by atoms with E-state index in [1.54, 1.807) is 12.1 Å². The zero-order chi connectivity index (χ0) is 27.6. The number of carbonyl (C=O) groups is 2. The molecule has 7 N–H and O–H groups in total. The highest BCUT2D eigenvalue weighted by Crippen LogP contribution is 2.44. The molecule has 2 aliphatic heterocycles. The predicted octanol–water partition coefficient (Wildman–Crippen LogP) is -1.38. The molecule has 1 fully saturated rings. The van der Waals surface area contributed by atoms with E-state index in [2.05, 4.69) is 0 Å². The SMILES string of the molecule is O=C(C=Cc1ccc(O)cc1)OCC1=CC(O)C2C(C(=O)O)=COC(OC3OC(CO)C(O)C(O)C3O)C12. The molecule has 1 aromatic carbocycles. The second-order valence-electron chi connectivity index (χ2n) is 9.03. The third kappa shape index (κ3) is 5.73. The molecule has 4 rings (SSSR count). The molecular weight excluding hydrogens is 508 g/mol. The summed E-state index contributed by atoms with van der Waals surface area (Å²) in [5.74, 6) is -4.08. The molecule has 13 nitrogen and oxygen atoms in total. The third-order valence-corrected chi connectivity index (χ3v) is 6.60. The molecular formula is C25H28O13. The van der Waals surface area contributed by atoms with Gasteiger partial charge in [-0.25, -0.2) is 9.59 Å². The number of aliphatic carboxylic acids is 1. The fourth-order valence-corrected chi connectivity index (χ4v) is 4.62. The lowest BCUT2D eigenvalue weighted by Gasteiger charge is -2.43. The van der Waals surface area contributed by atoms with Crippen molar-refractivity contribution in [3.05, 3.63) is 59.4 Å². The molecule has 9 unspecified atom stereocenters. The molecule has 3 aliphatic rings. The molecule has 2 heterocycles. The van der Waals surface area contributed by atoms with E-state index in [0.717, 1.165) is 12.3 Å². The van der Waals surface area contributed by atoms with Crippen LogP contribution in [0.5, 0.6) is 5.75 Å². The molecule has 38 heavy (non-hydrogen) atoms. The van der Waals surface area contributed by atoms with E-state index < -0.39 is 73.5 Å². The second-order valence-corrected chi connectivity index (χ2v) is 9.03. The van der Waals surface area contributed by atoms with Crippen LogP contribution in [0.1, 0.15) is 5.56 Å². The molecule has 0 bridgehead atoms. The predicted molar refractivity (Wildman–Crippen MR) is 125 cm³/mol. The second kappa shape index (κ2) is 11.6. The van der Waals surface area contributed by atoms with Gasteiger partial charge in [-0.05, 0) is 29.3 Å². The Bertz CT molecular complexity index is 1110. The first kappa shape index (κ1) is 27.7. The molecule has 0 aromatic heterocycles. The number of aliphatic hydroxyl groups is 5. The van der Waals surface area contributed by atoms with E-state index in [0.29, 0.717) is 5.56 Å². The topological polar surface area (TPSA) is 213 Å². The van der Waals surface area contributed by atoms with Crippen LogP contribution in [0.3, 0.4) is 0 Å². The van der Waals surface area contributed by atoms with Crippen LogP contribution < -0.4 is 0 Å². The molecule has 206 valence electrons. The first-order valence-corrected chi connectivity index (χ1v) is 11.7. The summed E-state index contributed by atoms with van der Waals surface area (Å²) in [6.45, 7) is -1.05. The number of carboxylic acid groups (broad SMARTS) is 1. The highest BCUT2D eigenvalue weighted by molar-refractivity contribution is 5.88. The number of phenolic OH excluding ortho intramolecular Hbond substituents is 1. The molecule has 13 heteroatoms. The van der Waals surface area contributed by atoms with Gasteiger partial charge in [0.25, 0.3) is 0 Å². The molecule has 0 saturated carbocycles. The summed E-state index contributed by atoms with van der Waals surface area (Å²) >= 11 is 0. The Kier molecular flexibility index (Phi) is 8.47. The Hall–Kier alpha value is -3.30. The summed E-state index contributed by atoms with van der Waals surface area (Å²) in [6, 6.07) is 6.06. The average molecular weight is 536 g/mol. The first-order chi connectivity index (χ1) is 18.1. The minimum Gasteiger partial charge on any atom is -0.508 e. The molecule has 0 amide bonds. The highest BCUT2D eigenvalue weighted by Gasteiger charge is 2.52. The molecule has 9 atom stereocenters. The van der Waals surface area contributed by atoms with Gasteiger partial charge in [0.1, 0.15) is 36.8 Å². The lowest BCUT2D eigenvalue weighted by molar-refractivity contribution is -0.340. The number of carbonyl (C=O) groups excluding carboxylic acids is 1. The summed E-state index contributed by atoms with van der Waals surface area (Å²) in [4.78, 5) is 24.1. The van der Waals surface area contributed by atoms with Gasteiger partial charge in [-0.3, -0.25) is 0 Å². The molecule has 0 spiro atoms. The van der Waals surface area contributed by atoms with E-state index >= 15 is 0 Å². The van der Waals surface area contributed by atoms with E-state index in [9.17, 15) is 45.3 Å². The van der Waals surface area contributed by atoms with E-state index in [1.165, 1.54) is 24.3 Å². The zero-order valence-electron chi connectivity index (χ0n) is 19.8. The van der Waals surface area contributed by atoms with Crippen molar-refractivity contribution in [2.75, 3.05) is 13.2 Å². The maximum absolute atomic E-state index is 12.3. The molecule has 1 aliphatic carbocycles. The Morgan fingerprint density at radius 2 is 1.68 bits per heavy atom. The maximum Gasteiger partial charge on any atom is 0.335 e. The number of rotatable bonds is 8. The minimum absolute atomic E-state index is 0.0657. The summed E-state index contributed by atoms with van der Waals surface area (Å²) < 4.78 is 21.8. The average Bonchev–Trinajstić information content (AvgIpc) is 3.23. The number of fused-ring (bicyclic) bond motifs is 1. The van der Waals surface area contributed by atoms with Crippen LogP contribution in [-0.2, 0) is 28.5 Å². The molecule has 1 aromatic rings. The van der Waals surface area contributed by atoms with Crippen LogP contribution in [0.25, 0.3) is 6.08 Å². The van der Waals surface area contributed by atoms with Crippen LogP contribution in [0.4, 0.5) is 0 Å². The van der Waals surface area contributed by atoms with Crippen LogP contribution in [0.15, 0.2) is 53.8 Å². The number of hydrogen-bond acceptors (Lipinski definition) is 12. The van der Waals surface area contributed by atoms with Crippen molar-refractivity contribution in [3.63, 3.8) is 0 Å². The summed E-state index contributed by atoms with van der Waals surface area (Å²) in [5, 5.41) is 69.4. The number of aromatic hydroxyl groups is 1. The van der Waals surface area contributed by atoms with E-state index in [1.807, 2.05) is 0 Å². The number of carboxylic acids is 1. The summed E-state index contributed by atoms with van der Waals surface area (Å²) in [7, 11) is 0. The largest absolute Gasteiger partial charge is 0.508 e. The lowest BCUT2D eigenvalue weighted by Crippen LogP contribution is -2.60. The Morgan fingerprint density at radius 3 is 2.34 bits per heavy atom.